The molecular formula is C29H38FN3O4. The van der Waals surface area contributed by atoms with Crippen molar-refractivity contribution in [2.24, 2.45) is 0 Å². The molecule has 2 aromatic rings. The lowest BCUT2D eigenvalue weighted by atomic mass is 9.98. The lowest BCUT2D eigenvalue weighted by Gasteiger charge is -2.30. The van der Waals surface area contributed by atoms with Crippen molar-refractivity contribution in [3.05, 3.63) is 53.3 Å². The van der Waals surface area contributed by atoms with Crippen molar-refractivity contribution in [3.8, 4) is 5.75 Å². The monoisotopic (exact) mass is 511 g/mol. The Morgan fingerprint density at radius 1 is 1.16 bits per heavy atom. The van der Waals surface area contributed by atoms with E-state index in [9.17, 15) is 9.59 Å². The number of fused-ring (bicyclic) bond motifs is 1. The minimum absolute atomic E-state index is 0.0649. The SMILES string of the molecule is CCCCOc1ccc2c(c1)CCN(c1ccc(N3CC[C@@H](N(C)C(=O)OC(C)(C)C)C3)c(F)c1)C2=O. The van der Waals surface area contributed by atoms with Crippen LogP contribution in [-0.2, 0) is 11.2 Å². The van der Waals surface area contributed by atoms with E-state index in [1.165, 1.54) is 6.07 Å². The number of carbonyl (C=O) groups excluding carboxylic acids is 2. The summed E-state index contributed by atoms with van der Waals surface area (Å²) in [6.45, 7) is 9.92. The number of amides is 2. The Morgan fingerprint density at radius 3 is 2.65 bits per heavy atom. The van der Waals surface area contributed by atoms with Gasteiger partial charge in [-0.25, -0.2) is 9.18 Å². The van der Waals surface area contributed by atoms with Crippen LogP contribution in [-0.4, -0.2) is 61.8 Å². The van der Waals surface area contributed by atoms with Crippen molar-refractivity contribution >= 4 is 23.4 Å². The van der Waals surface area contributed by atoms with Gasteiger partial charge in [0.15, 0.2) is 0 Å². The summed E-state index contributed by atoms with van der Waals surface area (Å²) in [4.78, 5) is 30.8. The van der Waals surface area contributed by atoms with E-state index in [0.29, 0.717) is 49.6 Å². The van der Waals surface area contributed by atoms with Gasteiger partial charge < -0.3 is 24.2 Å². The van der Waals surface area contributed by atoms with Gasteiger partial charge in [0, 0.05) is 37.9 Å². The van der Waals surface area contributed by atoms with Crippen molar-refractivity contribution in [1.29, 1.82) is 0 Å². The number of ether oxygens (including phenoxy) is 2. The van der Waals surface area contributed by atoms with E-state index < -0.39 is 5.60 Å². The molecule has 0 aromatic heterocycles. The first-order valence-electron chi connectivity index (χ1n) is 13.2. The second-order valence-electron chi connectivity index (χ2n) is 10.8. The van der Waals surface area contributed by atoms with Crippen LogP contribution in [0.3, 0.4) is 0 Å². The van der Waals surface area contributed by atoms with E-state index in [1.807, 2.05) is 37.8 Å². The van der Waals surface area contributed by atoms with Crippen LogP contribution >= 0.6 is 0 Å². The molecule has 2 amide bonds. The van der Waals surface area contributed by atoms with Gasteiger partial charge in [0.2, 0.25) is 0 Å². The number of nitrogens with zero attached hydrogens (tertiary/aromatic N) is 3. The Balaban J connectivity index is 1.42. The van der Waals surface area contributed by atoms with Gasteiger partial charge in [0.25, 0.3) is 5.91 Å². The Kier molecular flexibility index (Phi) is 7.95. The fourth-order valence-electron chi connectivity index (χ4n) is 4.82. The maximum atomic E-state index is 15.3. The minimum Gasteiger partial charge on any atom is -0.494 e. The number of unbranched alkanes of at least 4 members (excludes halogenated alkanes) is 1. The summed E-state index contributed by atoms with van der Waals surface area (Å²) in [6.07, 6.45) is 3.08. The molecule has 0 bridgehead atoms. The molecule has 1 fully saturated rings. The molecule has 0 spiro atoms. The molecule has 0 aliphatic carbocycles. The van der Waals surface area contributed by atoms with Crippen LogP contribution in [0.15, 0.2) is 36.4 Å². The van der Waals surface area contributed by atoms with Gasteiger partial charge >= 0.3 is 6.09 Å². The highest BCUT2D eigenvalue weighted by atomic mass is 19.1. The summed E-state index contributed by atoms with van der Waals surface area (Å²) in [7, 11) is 1.72. The van der Waals surface area contributed by atoms with E-state index in [4.69, 9.17) is 9.47 Å². The summed E-state index contributed by atoms with van der Waals surface area (Å²) >= 11 is 0. The third kappa shape index (κ3) is 6.17. The molecule has 0 unspecified atom stereocenters. The molecule has 37 heavy (non-hydrogen) atoms. The number of rotatable bonds is 7. The lowest BCUT2D eigenvalue weighted by molar-refractivity contribution is 0.0237. The predicted octanol–water partition coefficient (Wildman–Crippen LogP) is 5.65. The zero-order chi connectivity index (χ0) is 26.7. The standard InChI is InChI=1S/C29H38FN3O4/c1-6-7-16-36-23-9-10-24-20(17-23)12-15-33(27(24)34)21-8-11-26(25(30)18-21)32-14-13-22(19-32)31(5)28(35)37-29(2,3)4/h8-11,17-18,22H,6-7,12-16,19H2,1-5H3/t22-/m1/s1. The summed E-state index contributed by atoms with van der Waals surface area (Å²) in [5, 5.41) is 0. The average molecular weight is 512 g/mol. The molecule has 0 saturated carbocycles. The topological polar surface area (TPSA) is 62.3 Å². The number of benzene rings is 2. The van der Waals surface area contributed by atoms with Crippen LogP contribution in [0.25, 0.3) is 0 Å². The molecule has 1 saturated heterocycles. The summed E-state index contributed by atoms with van der Waals surface area (Å²) in [5.41, 5.74) is 2.04. The van der Waals surface area contributed by atoms with Gasteiger partial charge in [-0.15, -0.1) is 0 Å². The quantitative estimate of drug-likeness (QED) is 0.450. The molecule has 2 heterocycles. The first kappa shape index (κ1) is 26.8. The molecule has 1 atom stereocenters. The highest BCUT2D eigenvalue weighted by Crippen LogP contribution is 2.32. The van der Waals surface area contributed by atoms with Gasteiger partial charge in [-0.3, -0.25) is 4.79 Å². The lowest BCUT2D eigenvalue weighted by Crippen LogP contribution is -2.42. The average Bonchev–Trinajstić information content (AvgIpc) is 3.33. The first-order valence-corrected chi connectivity index (χ1v) is 13.2. The van der Waals surface area contributed by atoms with E-state index in [0.717, 1.165) is 30.6 Å². The Labute approximate surface area is 219 Å². The van der Waals surface area contributed by atoms with Crippen molar-refractivity contribution in [2.45, 2.75) is 65.0 Å². The molecule has 2 aliphatic heterocycles. The third-order valence-corrected chi connectivity index (χ3v) is 6.90. The van der Waals surface area contributed by atoms with Crippen molar-refractivity contribution < 1.29 is 23.5 Å². The van der Waals surface area contributed by atoms with Crippen LogP contribution < -0.4 is 14.5 Å². The number of anilines is 2. The summed E-state index contributed by atoms with van der Waals surface area (Å²) in [6, 6.07) is 10.5. The molecular weight excluding hydrogens is 473 g/mol. The van der Waals surface area contributed by atoms with Gasteiger partial charge in [-0.1, -0.05) is 13.3 Å². The van der Waals surface area contributed by atoms with E-state index in [2.05, 4.69) is 6.92 Å². The molecule has 2 aliphatic rings. The fraction of sp³-hybridized carbons (Fsp3) is 0.517. The highest BCUT2D eigenvalue weighted by Gasteiger charge is 2.32. The van der Waals surface area contributed by atoms with E-state index >= 15 is 4.39 Å². The van der Waals surface area contributed by atoms with Crippen LogP contribution in [0.2, 0.25) is 0 Å². The van der Waals surface area contributed by atoms with Crippen LogP contribution in [0.4, 0.5) is 20.6 Å². The fourth-order valence-corrected chi connectivity index (χ4v) is 4.82. The number of halogens is 1. The first-order chi connectivity index (χ1) is 17.6. The van der Waals surface area contributed by atoms with E-state index in [-0.39, 0.29) is 23.9 Å². The summed E-state index contributed by atoms with van der Waals surface area (Å²) in [5.74, 6) is 0.273. The molecule has 200 valence electrons. The maximum absolute atomic E-state index is 15.3. The zero-order valence-electron chi connectivity index (χ0n) is 22.6. The van der Waals surface area contributed by atoms with E-state index in [1.54, 1.807) is 35.0 Å². The smallest absolute Gasteiger partial charge is 0.410 e. The Bertz CT molecular complexity index is 1150. The van der Waals surface area contributed by atoms with Crippen LogP contribution in [0.5, 0.6) is 5.75 Å². The molecule has 7 nitrogen and oxygen atoms in total. The molecule has 8 heteroatoms. The number of likely N-dealkylation sites (N-methyl/N-ethyl adjacent to an activating group) is 1. The predicted molar refractivity (Wildman–Crippen MR) is 143 cm³/mol. The van der Waals surface area contributed by atoms with Gasteiger partial charge in [-0.05, 0) is 82.0 Å². The Hall–Kier alpha value is -3.29. The second kappa shape index (κ2) is 11.0. The summed E-state index contributed by atoms with van der Waals surface area (Å²) < 4.78 is 26.5. The van der Waals surface area contributed by atoms with Crippen molar-refractivity contribution in [3.63, 3.8) is 0 Å². The molecule has 0 radical (unpaired) electrons. The normalized spacial score (nSPS) is 17.6. The number of hydrogen-bond donors (Lipinski definition) is 0. The largest absolute Gasteiger partial charge is 0.494 e. The number of hydrogen-bond acceptors (Lipinski definition) is 5. The maximum Gasteiger partial charge on any atom is 0.410 e. The number of carbonyl (C=O) groups is 2. The highest BCUT2D eigenvalue weighted by molar-refractivity contribution is 6.08. The minimum atomic E-state index is -0.567. The van der Waals surface area contributed by atoms with Gasteiger partial charge in [0.05, 0.1) is 18.3 Å². The zero-order valence-corrected chi connectivity index (χ0v) is 22.6. The van der Waals surface area contributed by atoms with Crippen molar-refractivity contribution in [2.75, 3.05) is 43.1 Å². The van der Waals surface area contributed by atoms with Crippen molar-refractivity contribution in [1.82, 2.24) is 4.90 Å². The van der Waals surface area contributed by atoms with Crippen LogP contribution in [0, 0.1) is 5.82 Å². The van der Waals surface area contributed by atoms with Gasteiger partial charge in [-0.2, -0.15) is 0 Å². The molecule has 4 rings (SSSR count). The second-order valence-corrected chi connectivity index (χ2v) is 10.8. The molecule has 0 N–H and O–H groups in total. The van der Waals surface area contributed by atoms with Gasteiger partial charge in [0.1, 0.15) is 17.2 Å². The Morgan fingerprint density at radius 2 is 1.95 bits per heavy atom. The van der Waals surface area contributed by atoms with Crippen LogP contribution in [0.1, 0.15) is 62.9 Å². The molecule has 2 aromatic carbocycles. The third-order valence-electron chi connectivity index (χ3n) is 6.90.